The molecular formula is C25H36N3O2+. The Hall–Kier alpha value is -2.66. The van der Waals surface area contributed by atoms with Crippen molar-refractivity contribution in [2.45, 2.75) is 47.1 Å². The van der Waals surface area contributed by atoms with Crippen molar-refractivity contribution in [2.75, 3.05) is 25.5 Å². The van der Waals surface area contributed by atoms with Crippen LogP contribution in [-0.4, -0.2) is 32.0 Å². The van der Waals surface area contributed by atoms with Gasteiger partial charge in [-0.15, -0.1) is 0 Å². The van der Waals surface area contributed by atoms with Crippen molar-refractivity contribution < 1.29 is 14.5 Å². The van der Waals surface area contributed by atoms with Crippen molar-refractivity contribution in [3.63, 3.8) is 0 Å². The second-order valence-corrected chi connectivity index (χ2v) is 8.49. The van der Waals surface area contributed by atoms with Gasteiger partial charge in [0.2, 0.25) is 0 Å². The van der Waals surface area contributed by atoms with Crippen LogP contribution in [-0.2, 0) is 16.0 Å². The monoisotopic (exact) mass is 410 g/mol. The van der Waals surface area contributed by atoms with Crippen LogP contribution < -0.4 is 15.5 Å². The maximum absolute atomic E-state index is 12.6. The van der Waals surface area contributed by atoms with E-state index in [-0.39, 0.29) is 36.9 Å². The molecule has 1 unspecified atom stereocenters. The average molecular weight is 411 g/mol. The van der Waals surface area contributed by atoms with Gasteiger partial charge in [0.1, 0.15) is 0 Å². The van der Waals surface area contributed by atoms with Crippen LogP contribution in [0, 0.1) is 19.8 Å². The van der Waals surface area contributed by atoms with E-state index in [2.05, 4.69) is 55.7 Å². The third-order valence-corrected chi connectivity index (χ3v) is 5.53. The summed E-state index contributed by atoms with van der Waals surface area (Å²) in [7, 11) is 1.86. The summed E-state index contributed by atoms with van der Waals surface area (Å²) in [4.78, 5) is 25.9. The number of amides is 2. The van der Waals surface area contributed by atoms with Crippen LogP contribution in [0.2, 0.25) is 0 Å². The lowest BCUT2D eigenvalue weighted by Gasteiger charge is -2.24. The maximum Gasteiger partial charge on any atom is 0.279 e. The normalized spacial score (nSPS) is 13.0. The molecule has 5 nitrogen and oxygen atoms in total. The summed E-state index contributed by atoms with van der Waals surface area (Å²) in [5.41, 5.74) is 5.43. The third kappa shape index (κ3) is 6.70. The Morgan fingerprint density at radius 1 is 0.967 bits per heavy atom. The zero-order valence-corrected chi connectivity index (χ0v) is 19.1. The van der Waals surface area contributed by atoms with E-state index in [0.29, 0.717) is 0 Å². The van der Waals surface area contributed by atoms with Crippen molar-refractivity contribution in [1.29, 1.82) is 0 Å². The van der Waals surface area contributed by atoms with E-state index in [9.17, 15) is 9.59 Å². The number of rotatable bonds is 9. The SMILES string of the molecule is CCc1ccc([C@H](NC(=O)C[NH+](C)CC(=O)Nc2cccc(C)c2C)C(C)C)cc1. The molecule has 0 saturated heterocycles. The van der Waals surface area contributed by atoms with Crippen molar-refractivity contribution in [3.05, 3.63) is 64.7 Å². The first-order valence-corrected chi connectivity index (χ1v) is 10.8. The van der Waals surface area contributed by atoms with E-state index in [1.165, 1.54) is 5.56 Å². The van der Waals surface area contributed by atoms with Crippen LogP contribution >= 0.6 is 0 Å². The predicted molar refractivity (Wildman–Crippen MR) is 123 cm³/mol. The van der Waals surface area contributed by atoms with Crippen molar-refractivity contribution in [1.82, 2.24) is 5.32 Å². The molecule has 5 heteroatoms. The quantitative estimate of drug-likeness (QED) is 0.595. The Bertz CT molecular complexity index is 859. The highest BCUT2D eigenvalue weighted by atomic mass is 16.2. The highest BCUT2D eigenvalue weighted by molar-refractivity contribution is 5.92. The molecule has 2 amide bonds. The van der Waals surface area contributed by atoms with Crippen LogP contribution in [0.25, 0.3) is 0 Å². The zero-order chi connectivity index (χ0) is 22.3. The van der Waals surface area contributed by atoms with Crippen molar-refractivity contribution in [2.24, 2.45) is 5.92 Å². The first kappa shape index (κ1) is 23.6. The molecule has 0 aliphatic carbocycles. The molecule has 0 saturated carbocycles. The zero-order valence-electron chi connectivity index (χ0n) is 19.1. The topological polar surface area (TPSA) is 62.6 Å². The highest BCUT2D eigenvalue weighted by Gasteiger charge is 2.21. The van der Waals surface area contributed by atoms with Crippen LogP contribution in [0.5, 0.6) is 0 Å². The number of benzene rings is 2. The lowest BCUT2D eigenvalue weighted by molar-refractivity contribution is -0.862. The molecule has 0 fully saturated rings. The van der Waals surface area contributed by atoms with Crippen LogP contribution in [0.15, 0.2) is 42.5 Å². The van der Waals surface area contributed by atoms with Gasteiger partial charge in [0.15, 0.2) is 13.1 Å². The van der Waals surface area contributed by atoms with Gasteiger partial charge in [-0.3, -0.25) is 9.59 Å². The van der Waals surface area contributed by atoms with E-state index in [1.54, 1.807) is 0 Å². The summed E-state index contributed by atoms with van der Waals surface area (Å²) < 4.78 is 0. The number of aryl methyl sites for hydroxylation is 2. The molecule has 0 bridgehead atoms. The second kappa shape index (κ2) is 10.9. The van der Waals surface area contributed by atoms with Gasteiger partial charge < -0.3 is 15.5 Å². The molecule has 3 N–H and O–H groups in total. The molecule has 0 aliphatic heterocycles. The van der Waals surface area contributed by atoms with Gasteiger partial charge in [-0.2, -0.15) is 0 Å². The molecule has 30 heavy (non-hydrogen) atoms. The van der Waals surface area contributed by atoms with Crippen LogP contribution in [0.4, 0.5) is 5.69 Å². The summed E-state index contributed by atoms with van der Waals surface area (Å²) in [6, 6.07) is 14.2. The van der Waals surface area contributed by atoms with Gasteiger partial charge >= 0.3 is 0 Å². The number of hydrogen-bond acceptors (Lipinski definition) is 2. The molecule has 0 heterocycles. The molecule has 0 aromatic heterocycles. The molecule has 2 aromatic rings. The van der Waals surface area contributed by atoms with Gasteiger partial charge in [-0.25, -0.2) is 0 Å². The van der Waals surface area contributed by atoms with Crippen LogP contribution in [0.3, 0.4) is 0 Å². The summed E-state index contributed by atoms with van der Waals surface area (Å²) in [5, 5.41) is 6.11. The smallest absolute Gasteiger partial charge is 0.279 e. The van der Waals surface area contributed by atoms with E-state index in [0.717, 1.165) is 33.7 Å². The number of likely N-dealkylation sites (N-methyl/N-ethyl adjacent to an activating group) is 1. The third-order valence-electron chi connectivity index (χ3n) is 5.53. The largest absolute Gasteiger partial charge is 0.344 e. The number of carbonyl (C=O) groups excluding carboxylic acids is 2. The Kier molecular flexibility index (Phi) is 8.60. The van der Waals surface area contributed by atoms with Gasteiger partial charge in [-0.05, 0) is 54.5 Å². The fourth-order valence-electron chi connectivity index (χ4n) is 3.51. The first-order valence-electron chi connectivity index (χ1n) is 10.8. The molecule has 0 aliphatic rings. The van der Waals surface area contributed by atoms with Gasteiger partial charge in [0, 0.05) is 5.69 Å². The number of quaternary nitrogens is 1. The fourth-order valence-corrected chi connectivity index (χ4v) is 3.51. The maximum atomic E-state index is 12.6. The Morgan fingerprint density at radius 2 is 1.60 bits per heavy atom. The van der Waals surface area contributed by atoms with E-state index >= 15 is 0 Å². The summed E-state index contributed by atoms with van der Waals surface area (Å²) in [6.45, 7) is 10.8. The number of hydrogen-bond donors (Lipinski definition) is 3. The first-order chi connectivity index (χ1) is 14.2. The average Bonchev–Trinajstić information content (AvgIpc) is 2.69. The highest BCUT2D eigenvalue weighted by Crippen LogP contribution is 2.22. The lowest BCUT2D eigenvalue weighted by atomic mass is 9.95. The number of nitrogens with one attached hydrogen (secondary N) is 3. The molecular weight excluding hydrogens is 374 g/mol. The van der Waals surface area contributed by atoms with E-state index in [1.807, 2.05) is 39.1 Å². The van der Waals surface area contributed by atoms with Crippen molar-refractivity contribution in [3.8, 4) is 0 Å². The van der Waals surface area contributed by atoms with Gasteiger partial charge in [0.25, 0.3) is 11.8 Å². The predicted octanol–water partition coefficient (Wildman–Crippen LogP) is 2.83. The standard InChI is InChI=1S/C25H35N3O2/c1-7-20-11-13-21(14-12-20)25(17(2)3)27-24(30)16-28(6)15-23(29)26-22-10-8-9-18(4)19(22)5/h8-14,17,25H,7,15-16H2,1-6H3,(H,26,29)(H,27,30)/p+1/t25-/m1/s1. The van der Waals surface area contributed by atoms with Gasteiger partial charge in [-0.1, -0.05) is 57.2 Å². The summed E-state index contributed by atoms with van der Waals surface area (Å²) in [6.07, 6.45) is 0.997. The minimum Gasteiger partial charge on any atom is -0.344 e. The second-order valence-electron chi connectivity index (χ2n) is 8.49. The Morgan fingerprint density at radius 3 is 2.20 bits per heavy atom. The van der Waals surface area contributed by atoms with E-state index in [4.69, 9.17) is 0 Å². The van der Waals surface area contributed by atoms with E-state index < -0.39 is 0 Å². The van der Waals surface area contributed by atoms with Gasteiger partial charge in [0.05, 0.1) is 13.1 Å². The molecule has 2 rings (SSSR count). The fraction of sp³-hybridized carbons (Fsp3) is 0.440. The molecule has 2 aromatic carbocycles. The molecule has 0 radical (unpaired) electrons. The number of anilines is 1. The Balaban J connectivity index is 1.91. The molecule has 0 spiro atoms. The molecule has 2 atom stereocenters. The number of carbonyl (C=O) groups is 2. The minimum absolute atomic E-state index is 0.0417. The minimum atomic E-state index is -0.0930. The van der Waals surface area contributed by atoms with Crippen LogP contribution in [0.1, 0.15) is 49.1 Å². The Labute approximate surface area is 180 Å². The lowest BCUT2D eigenvalue weighted by Crippen LogP contribution is -3.11. The summed E-state index contributed by atoms with van der Waals surface area (Å²) >= 11 is 0. The molecule has 162 valence electrons. The summed E-state index contributed by atoms with van der Waals surface area (Å²) in [5.74, 6) is 0.129. The van der Waals surface area contributed by atoms with Crippen molar-refractivity contribution >= 4 is 17.5 Å².